The van der Waals surface area contributed by atoms with Gasteiger partial charge in [-0.15, -0.1) is 0 Å². The van der Waals surface area contributed by atoms with Crippen LogP contribution in [-0.4, -0.2) is 101 Å². The number of carboxylic acids is 2. The predicted octanol–water partition coefficient (Wildman–Crippen LogP) is -1.17. The Labute approximate surface area is 141 Å². The van der Waals surface area contributed by atoms with Crippen molar-refractivity contribution in [2.75, 3.05) is 79.2 Å². The molecule has 0 fully saturated rings. The lowest BCUT2D eigenvalue weighted by Gasteiger charge is -2.08. The Morgan fingerprint density at radius 2 is 0.917 bits per heavy atom. The molecule has 0 aromatic heterocycles. The van der Waals surface area contributed by atoms with E-state index in [4.69, 9.17) is 33.9 Å². The van der Waals surface area contributed by atoms with E-state index in [1.54, 1.807) is 0 Å². The topological polar surface area (TPSA) is 133 Å². The number of aliphatic carboxylic acids is 2. The molecule has 0 bridgehead atoms. The maximum atomic E-state index is 10.2. The number of hydrogen-bond donors (Lipinski definition) is 3. The first-order valence-electron chi connectivity index (χ1n) is 7.66. The highest BCUT2D eigenvalue weighted by atomic mass is 16.6. The van der Waals surface area contributed by atoms with E-state index in [2.05, 4.69) is 5.32 Å². The zero-order valence-electron chi connectivity index (χ0n) is 13.7. The van der Waals surface area contributed by atoms with E-state index in [0.29, 0.717) is 52.7 Å². The number of carbonyl (C=O) groups is 2. The molecule has 0 atom stereocenters. The Balaban J connectivity index is 3.00. The molecule has 0 aliphatic carbocycles. The minimum absolute atomic E-state index is 0.245. The van der Waals surface area contributed by atoms with Gasteiger partial charge in [-0.1, -0.05) is 0 Å². The van der Waals surface area contributed by atoms with E-state index in [0.717, 1.165) is 0 Å². The number of rotatable bonds is 19. The first-order chi connectivity index (χ1) is 11.6. The van der Waals surface area contributed by atoms with Crippen molar-refractivity contribution in [3.8, 4) is 0 Å². The number of ether oxygens (including phenoxy) is 5. The Morgan fingerprint density at radius 3 is 1.29 bits per heavy atom. The van der Waals surface area contributed by atoms with Gasteiger partial charge in [-0.05, 0) is 0 Å². The molecule has 0 aromatic carbocycles. The van der Waals surface area contributed by atoms with Crippen molar-refractivity contribution in [3.05, 3.63) is 0 Å². The molecule has 142 valence electrons. The lowest BCUT2D eigenvalue weighted by Crippen LogP contribution is -2.25. The Hall–Kier alpha value is -1.30. The van der Waals surface area contributed by atoms with Gasteiger partial charge < -0.3 is 39.2 Å². The van der Waals surface area contributed by atoms with Crippen LogP contribution in [0.5, 0.6) is 0 Å². The predicted molar refractivity (Wildman–Crippen MR) is 82.2 cm³/mol. The van der Waals surface area contributed by atoms with Crippen LogP contribution in [0.3, 0.4) is 0 Å². The molecule has 0 saturated heterocycles. The molecule has 10 nitrogen and oxygen atoms in total. The van der Waals surface area contributed by atoms with Crippen molar-refractivity contribution >= 4 is 11.9 Å². The summed E-state index contributed by atoms with van der Waals surface area (Å²) in [4.78, 5) is 20.3. The van der Waals surface area contributed by atoms with Gasteiger partial charge in [0, 0.05) is 13.1 Å². The zero-order valence-corrected chi connectivity index (χ0v) is 13.7. The molecule has 24 heavy (non-hydrogen) atoms. The molecule has 0 spiro atoms. The van der Waals surface area contributed by atoms with Crippen molar-refractivity contribution < 1.29 is 43.5 Å². The summed E-state index contributed by atoms with van der Waals surface area (Å²) in [6, 6.07) is 0. The second kappa shape index (κ2) is 18.0. The highest BCUT2D eigenvalue weighted by Crippen LogP contribution is 1.82. The standard InChI is InChI=1S/C14H27NO9/c16-13(17)11-23-9-7-21-4-2-15-1-3-20-5-6-22-8-10-24-12-14(18)19/h15H,1-12H2,(H,16,17)(H,18,19). The molecular formula is C14H27NO9. The molecule has 0 aromatic rings. The van der Waals surface area contributed by atoms with Gasteiger partial charge in [0.05, 0.1) is 52.9 Å². The van der Waals surface area contributed by atoms with Crippen molar-refractivity contribution in [2.45, 2.75) is 0 Å². The van der Waals surface area contributed by atoms with Crippen molar-refractivity contribution in [1.82, 2.24) is 5.32 Å². The van der Waals surface area contributed by atoms with E-state index in [9.17, 15) is 9.59 Å². The summed E-state index contributed by atoms with van der Waals surface area (Å²) in [5.41, 5.74) is 0. The van der Waals surface area contributed by atoms with Crippen LogP contribution in [0.4, 0.5) is 0 Å². The van der Waals surface area contributed by atoms with Gasteiger partial charge in [-0.25, -0.2) is 9.59 Å². The van der Waals surface area contributed by atoms with Gasteiger partial charge in [0.2, 0.25) is 0 Å². The molecule has 0 rings (SSSR count). The number of carboxylic acid groups (broad SMARTS) is 2. The van der Waals surface area contributed by atoms with Gasteiger partial charge >= 0.3 is 11.9 Å². The van der Waals surface area contributed by atoms with Gasteiger partial charge in [0.25, 0.3) is 0 Å². The summed E-state index contributed by atoms with van der Waals surface area (Å²) in [7, 11) is 0. The van der Waals surface area contributed by atoms with Crippen LogP contribution >= 0.6 is 0 Å². The van der Waals surface area contributed by atoms with Crippen LogP contribution in [-0.2, 0) is 33.3 Å². The lowest BCUT2D eigenvalue weighted by molar-refractivity contribution is -0.143. The fraction of sp³-hybridized carbons (Fsp3) is 0.857. The van der Waals surface area contributed by atoms with Crippen LogP contribution in [0, 0.1) is 0 Å². The average molecular weight is 353 g/mol. The zero-order chi connectivity index (χ0) is 17.9. The highest BCUT2D eigenvalue weighted by molar-refractivity contribution is 5.68. The van der Waals surface area contributed by atoms with Gasteiger partial charge in [0.15, 0.2) is 0 Å². The molecular weight excluding hydrogens is 326 g/mol. The van der Waals surface area contributed by atoms with Crippen LogP contribution in [0.15, 0.2) is 0 Å². The minimum atomic E-state index is -0.997. The summed E-state index contributed by atoms with van der Waals surface area (Å²) < 4.78 is 25.4. The summed E-state index contributed by atoms with van der Waals surface area (Å²) >= 11 is 0. The molecule has 0 heterocycles. The molecule has 0 unspecified atom stereocenters. The summed E-state index contributed by atoms with van der Waals surface area (Å²) in [6.45, 7) is 3.86. The van der Waals surface area contributed by atoms with Crippen molar-refractivity contribution in [2.24, 2.45) is 0 Å². The van der Waals surface area contributed by atoms with E-state index < -0.39 is 11.9 Å². The smallest absolute Gasteiger partial charge is 0.329 e. The highest BCUT2D eigenvalue weighted by Gasteiger charge is 1.97. The Bertz CT molecular complexity index is 285. The van der Waals surface area contributed by atoms with Gasteiger partial charge in [0.1, 0.15) is 13.2 Å². The third-order valence-corrected chi connectivity index (χ3v) is 2.41. The van der Waals surface area contributed by atoms with Crippen molar-refractivity contribution in [1.29, 1.82) is 0 Å². The maximum Gasteiger partial charge on any atom is 0.329 e. The van der Waals surface area contributed by atoms with Crippen LogP contribution in [0.25, 0.3) is 0 Å². The third-order valence-electron chi connectivity index (χ3n) is 2.41. The normalized spacial score (nSPS) is 10.8. The Morgan fingerprint density at radius 1 is 0.583 bits per heavy atom. The minimum Gasteiger partial charge on any atom is -0.480 e. The van der Waals surface area contributed by atoms with Crippen LogP contribution < -0.4 is 5.32 Å². The summed E-state index contributed by atoms with van der Waals surface area (Å²) in [5, 5.41) is 19.8. The fourth-order valence-electron chi connectivity index (χ4n) is 1.39. The van der Waals surface area contributed by atoms with E-state index in [1.807, 2.05) is 0 Å². The fourth-order valence-corrected chi connectivity index (χ4v) is 1.39. The molecule has 0 amide bonds. The summed E-state index contributed by atoms with van der Waals surface area (Å²) in [5.74, 6) is -1.99. The second-order valence-electron chi connectivity index (χ2n) is 4.48. The van der Waals surface area contributed by atoms with Crippen LogP contribution in [0.1, 0.15) is 0 Å². The molecule has 0 aliphatic heterocycles. The Kier molecular flexibility index (Phi) is 17.1. The number of nitrogens with one attached hydrogen (secondary N) is 1. The third kappa shape index (κ3) is 20.7. The SMILES string of the molecule is O=C(O)COCCOCCNCCOCCOCCOCC(=O)O. The monoisotopic (exact) mass is 353 g/mol. The number of hydrogen-bond acceptors (Lipinski definition) is 8. The first-order valence-corrected chi connectivity index (χ1v) is 7.66. The molecule has 0 saturated carbocycles. The van der Waals surface area contributed by atoms with Crippen molar-refractivity contribution in [3.63, 3.8) is 0 Å². The second-order valence-corrected chi connectivity index (χ2v) is 4.48. The molecule has 0 aliphatic rings. The molecule has 0 radical (unpaired) electrons. The molecule has 3 N–H and O–H groups in total. The average Bonchev–Trinajstić information content (AvgIpc) is 2.53. The van der Waals surface area contributed by atoms with Gasteiger partial charge in [-0.3, -0.25) is 0 Å². The maximum absolute atomic E-state index is 10.2. The largest absolute Gasteiger partial charge is 0.480 e. The van der Waals surface area contributed by atoms with E-state index in [-0.39, 0.29) is 26.4 Å². The van der Waals surface area contributed by atoms with E-state index >= 15 is 0 Å². The van der Waals surface area contributed by atoms with Gasteiger partial charge in [-0.2, -0.15) is 0 Å². The molecule has 10 heteroatoms. The van der Waals surface area contributed by atoms with E-state index in [1.165, 1.54) is 0 Å². The summed E-state index contributed by atoms with van der Waals surface area (Å²) in [6.07, 6.45) is 0. The quantitative estimate of drug-likeness (QED) is 0.244. The van der Waals surface area contributed by atoms with Crippen LogP contribution in [0.2, 0.25) is 0 Å². The first kappa shape index (κ1) is 22.7. The lowest BCUT2D eigenvalue weighted by atomic mass is 10.6.